The Hall–Kier alpha value is -0.610. The van der Waals surface area contributed by atoms with Crippen molar-refractivity contribution in [3.63, 3.8) is 0 Å². The van der Waals surface area contributed by atoms with Gasteiger partial charge in [-0.15, -0.1) is 0 Å². The number of hydrogen-bond acceptors (Lipinski definition) is 2. The van der Waals surface area contributed by atoms with E-state index in [4.69, 9.17) is 17.3 Å². The fraction of sp³-hybridized carbons (Fsp3) is 0.700. The van der Waals surface area contributed by atoms with Crippen LogP contribution in [-0.4, -0.2) is 14.7 Å². The minimum Gasteiger partial charge on any atom is -0.390 e. The number of nitrogens with one attached hydrogen (secondary N) is 1. The van der Waals surface area contributed by atoms with Gasteiger partial charge in [0.25, 0.3) is 0 Å². The van der Waals surface area contributed by atoms with Crippen LogP contribution in [0.5, 0.6) is 0 Å². The highest BCUT2D eigenvalue weighted by Crippen LogP contribution is 2.37. The first-order valence-electron chi connectivity index (χ1n) is 5.10. The van der Waals surface area contributed by atoms with E-state index < -0.39 is 0 Å². The largest absolute Gasteiger partial charge is 0.390 e. The van der Waals surface area contributed by atoms with Crippen LogP contribution in [0.3, 0.4) is 0 Å². The minimum absolute atomic E-state index is 0.0600. The average Bonchev–Trinajstić information content (AvgIpc) is 2.95. The first-order chi connectivity index (χ1) is 6.72. The van der Waals surface area contributed by atoms with E-state index in [9.17, 15) is 0 Å². The molecule has 0 aliphatic heterocycles. The Morgan fingerprint density at radius 2 is 2.43 bits per heavy atom. The Morgan fingerprint density at radius 1 is 1.71 bits per heavy atom. The molecule has 1 aliphatic carbocycles. The van der Waals surface area contributed by atoms with E-state index >= 15 is 0 Å². The third-order valence-electron chi connectivity index (χ3n) is 3.01. The predicted octanol–water partition coefficient (Wildman–Crippen LogP) is 2.08. The van der Waals surface area contributed by atoms with Crippen molar-refractivity contribution in [1.29, 1.82) is 0 Å². The molecule has 2 rings (SSSR count). The molecule has 1 saturated carbocycles. The monoisotopic (exact) mass is 212 g/mol. The second-order valence-electron chi connectivity index (χ2n) is 4.17. The maximum absolute atomic E-state index is 9.11. The van der Waals surface area contributed by atoms with Gasteiger partial charge in [-0.2, -0.15) is 0 Å². The summed E-state index contributed by atoms with van der Waals surface area (Å²) in [5, 5.41) is 9.11. The van der Waals surface area contributed by atoms with Gasteiger partial charge in [0.2, 0.25) is 0 Å². The normalized spacial score (nSPS) is 18.4. The van der Waals surface area contributed by atoms with Crippen molar-refractivity contribution in [2.24, 2.45) is 11.8 Å². The number of aliphatic hydroxyl groups is 1. The molecular weight excluding hydrogens is 196 g/mol. The fourth-order valence-electron chi connectivity index (χ4n) is 1.86. The van der Waals surface area contributed by atoms with Crippen molar-refractivity contribution >= 4 is 12.2 Å². The molecule has 1 heterocycles. The quantitative estimate of drug-likeness (QED) is 0.750. The summed E-state index contributed by atoms with van der Waals surface area (Å²) in [6, 6.07) is 0. The second kappa shape index (κ2) is 3.87. The molecule has 0 saturated heterocycles. The van der Waals surface area contributed by atoms with Gasteiger partial charge in [-0.25, -0.2) is 0 Å². The SMILES string of the molecule is CC(Cn1c(CO)c[nH]c1=S)C1CC1. The second-order valence-corrected chi connectivity index (χ2v) is 4.56. The van der Waals surface area contributed by atoms with Crippen molar-refractivity contribution in [2.75, 3.05) is 0 Å². The molecule has 14 heavy (non-hydrogen) atoms. The highest BCUT2D eigenvalue weighted by Gasteiger charge is 2.28. The Balaban J connectivity index is 2.13. The van der Waals surface area contributed by atoms with Gasteiger partial charge in [-0.3, -0.25) is 0 Å². The number of aromatic nitrogens is 2. The first-order valence-corrected chi connectivity index (χ1v) is 5.51. The van der Waals surface area contributed by atoms with Crippen LogP contribution in [-0.2, 0) is 13.2 Å². The molecule has 0 spiro atoms. The summed E-state index contributed by atoms with van der Waals surface area (Å²) in [6.07, 6.45) is 4.50. The number of rotatable bonds is 4. The van der Waals surface area contributed by atoms with Crippen LogP contribution in [0.2, 0.25) is 0 Å². The molecule has 4 heteroatoms. The molecule has 1 fully saturated rings. The summed E-state index contributed by atoms with van der Waals surface area (Å²) in [5.41, 5.74) is 0.891. The molecule has 0 aromatic carbocycles. The standard InChI is InChI=1S/C10H16N2OS/c1-7(8-2-3-8)5-12-9(6-13)4-11-10(12)14/h4,7-8,13H,2-3,5-6H2,1H3,(H,11,14). The lowest BCUT2D eigenvalue weighted by Crippen LogP contribution is -2.12. The molecular formula is C10H16N2OS. The number of imidazole rings is 1. The van der Waals surface area contributed by atoms with Crippen LogP contribution >= 0.6 is 12.2 Å². The predicted molar refractivity (Wildman–Crippen MR) is 57.4 cm³/mol. The summed E-state index contributed by atoms with van der Waals surface area (Å²) in [5.74, 6) is 1.54. The zero-order valence-corrected chi connectivity index (χ0v) is 9.18. The number of nitrogens with zero attached hydrogens (tertiary/aromatic N) is 1. The fourth-order valence-corrected chi connectivity index (χ4v) is 2.12. The van der Waals surface area contributed by atoms with Gasteiger partial charge >= 0.3 is 0 Å². The highest BCUT2D eigenvalue weighted by molar-refractivity contribution is 7.71. The molecule has 1 atom stereocenters. The Bertz CT molecular complexity index is 364. The maximum Gasteiger partial charge on any atom is 0.177 e. The molecule has 1 aromatic heterocycles. The van der Waals surface area contributed by atoms with Crippen LogP contribution in [0.1, 0.15) is 25.5 Å². The summed E-state index contributed by atoms with van der Waals surface area (Å²) in [7, 11) is 0. The lowest BCUT2D eigenvalue weighted by atomic mass is 10.1. The van der Waals surface area contributed by atoms with Crippen LogP contribution in [0.25, 0.3) is 0 Å². The number of aromatic amines is 1. The van der Waals surface area contributed by atoms with E-state index in [-0.39, 0.29) is 6.61 Å². The zero-order valence-electron chi connectivity index (χ0n) is 8.36. The van der Waals surface area contributed by atoms with Crippen molar-refractivity contribution in [3.8, 4) is 0 Å². The van der Waals surface area contributed by atoms with Crippen molar-refractivity contribution in [3.05, 3.63) is 16.7 Å². The van der Waals surface area contributed by atoms with Crippen LogP contribution in [0, 0.1) is 16.6 Å². The summed E-state index contributed by atoms with van der Waals surface area (Å²) >= 11 is 5.16. The summed E-state index contributed by atoms with van der Waals surface area (Å²) in [6.45, 7) is 3.25. The Labute approximate surface area is 88.8 Å². The minimum atomic E-state index is 0.0600. The van der Waals surface area contributed by atoms with Gasteiger partial charge < -0.3 is 14.7 Å². The van der Waals surface area contributed by atoms with Crippen LogP contribution in [0.15, 0.2) is 6.20 Å². The van der Waals surface area contributed by atoms with E-state index in [1.165, 1.54) is 12.8 Å². The van der Waals surface area contributed by atoms with E-state index in [2.05, 4.69) is 11.9 Å². The van der Waals surface area contributed by atoms with E-state index in [0.717, 1.165) is 22.9 Å². The Kier molecular flexibility index (Phi) is 2.74. The highest BCUT2D eigenvalue weighted by atomic mass is 32.1. The summed E-state index contributed by atoms with van der Waals surface area (Å²) < 4.78 is 2.74. The van der Waals surface area contributed by atoms with Crippen molar-refractivity contribution in [2.45, 2.75) is 32.9 Å². The van der Waals surface area contributed by atoms with Crippen LogP contribution in [0.4, 0.5) is 0 Å². The Morgan fingerprint density at radius 3 is 3.00 bits per heavy atom. The smallest absolute Gasteiger partial charge is 0.177 e. The van der Waals surface area contributed by atoms with Gasteiger partial charge in [-0.05, 0) is 36.9 Å². The summed E-state index contributed by atoms with van der Waals surface area (Å²) in [4.78, 5) is 2.97. The zero-order chi connectivity index (χ0) is 10.1. The van der Waals surface area contributed by atoms with E-state index in [1.54, 1.807) is 6.20 Å². The molecule has 78 valence electrons. The molecule has 2 N–H and O–H groups in total. The van der Waals surface area contributed by atoms with Gasteiger partial charge in [0, 0.05) is 12.7 Å². The third-order valence-corrected chi connectivity index (χ3v) is 3.35. The van der Waals surface area contributed by atoms with Gasteiger partial charge in [0.05, 0.1) is 12.3 Å². The van der Waals surface area contributed by atoms with Gasteiger partial charge in [-0.1, -0.05) is 6.92 Å². The van der Waals surface area contributed by atoms with Crippen molar-refractivity contribution < 1.29 is 5.11 Å². The van der Waals surface area contributed by atoms with Gasteiger partial charge in [0.1, 0.15) is 0 Å². The topological polar surface area (TPSA) is 41.0 Å². The average molecular weight is 212 g/mol. The van der Waals surface area contributed by atoms with Gasteiger partial charge in [0.15, 0.2) is 4.77 Å². The maximum atomic E-state index is 9.11. The number of hydrogen-bond donors (Lipinski definition) is 2. The number of aliphatic hydroxyl groups excluding tert-OH is 1. The molecule has 3 nitrogen and oxygen atoms in total. The molecule has 0 bridgehead atoms. The van der Waals surface area contributed by atoms with E-state index in [1.807, 2.05) is 4.57 Å². The lowest BCUT2D eigenvalue weighted by Gasteiger charge is -2.12. The third kappa shape index (κ3) is 1.91. The molecule has 0 radical (unpaired) electrons. The van der Waals surface area contributed by atoms with Crippen LogP contribution < -0.4 is 0 Å². The first kappa shape index (κ1) is 9.93. The van der Waals surface area contributed by atoms with E-state index in [0.29, 0.717) is 5.92 Å². The molecule has 0 amide bonds. The number of H-pyrrole nitrogens is 1. The lowest BCUT2D eigenvalue weighted by molar-refractivity contribution is 0.266. The van der Waals surface area contributed by atoms with Crippen molar-refractivity contribution in [1.82, 2.24) is 9.55 Å². The molecule has 1 unspecified atom stereocenters. The molecule has 1 aromatic rings. The molecule has 1 aliphatic rings.